The normalized spacial score (nSPS) is 10.1. The van der Waals surface area contributed by atoms with E-state index in [0.29, 0.717) is 30.7 Å². The minimum atomic E-state index is -0.720. The van der Waals surface area contributed by atoms with E-state index < -0.39 is 5.91 Å². The second-order valence-electron chi connectivity index (χ2n) is 4.34. The molecule has 0 aliphatic rings. The van der Waals surface area contributed by atoms with Crippen LogP contribution in [0.3, 0.4) is 0 Å². The molecule has 1 aromatic carbocycles. The van der Waals surface area contributed by atoms with Crippen molar-refractivity contribution in [3.8, 4) is 0 Å². The Morgan fingerprint density at radius 3 is 2.67 bits per heavy atom. The van der Waals surface area contributed by atoms with E-state index in [1.807, 2.05) is 6.07 Å². The van der Waals surface area contributed by atoms with E-state index in [0.717, 1.165) is 0 Å². The van der Waals surface area contributed by atoms with Crippen molar-refractivity contribution < 1.29 is 19.3 Å². The van der Waals surface area contributed by atoms with Gasteiger partial charge in [0.2, 0.25) is 0 Å². The third-order valence-corrected chi connectivity index (χ3v) is 2.81. The summed E-state index contributed by atoms with van der Waals surface area (Å²) in [4.78, 5) is 22.8. The van der Waals surface area contributed by atoms with Crippen molar-refractivity contribution in [3.63, 3.8) is 0 Å². The molecule has 7 heteroatoms. The second kappa shape index (κ2) is 7.20. The molecule has 110 valence electrons. The van der Waals surface area contributed by atoms with E-state index in [1.165, 1.54) is 11.5 Å². The maximum atomic E-state index is 11.8. The van der Waals surface area contributed by atoms with Crippen molar-refractivity contribution in [2.75, 3.05) is 6.54 Å². The Morgan fingerprint density at radius 2 is 1.95 bits per heavy atom. The highest BCUT2D eigenvalue weighted by atomic mass is 16.5. The van der Waals surface area contributed by atoms with Crippen molar-refractivity contribution in [1.29, 1.82) is 0 Å². The van der Waals surface area contributed by atoms with E-state index in [2.05, 4.69) is 10.5 Å². The highest BCUT2D eigenvalue weighted by Crippen LogP contribution is 2.06. The lowest BCUT2D eigenvalue weighted by molar-refractivity contribution is 0.0696. The first-order valence-electron chi connectivity index (χ1n) is 6.44. The molecule has 2 aromatic rings. The first-order chi connectivity index (χ1) is 10.2. The van der Waals surface area contributed by atoms with Gasteiger partial charge in [0.15, 0.2) is 5.69 Å². The smallest absolute Gasteiger partial charge is 0.296 e. The number of hydrogen-bond acceptors (Lipinski definition) is 5. The lowest BCUT2D eigenvalue weighted by atomic mass is 10.2. The molecule has 7 nitrogen and oxygen atoms in total. The molecule has 1 heterocycles. The SMILES string of the molecule is O=C(NCCCc1cc(C(=O)NO)no1)c1ccccc1. The van der Waals surface area contributed by atoms with Crippen LogP contribution in [0.25, 0.3) is 0 Å². The molecule has 0 aliphatic heterocycles. The molecule has 2 rings (SSSR count). The van der Waals surface area contributed by atoms with Gasteiger partial charge in [-0.1, -0.05) is 23.4 Å². The molecule has 0 bridgehead atoms. The molecule has 0 saturated heterocycles. The Kier molecular flexibility index (Phi) is 5.05. The molecular weight excluding hydrogens is 274 g/mol. The van der Waals surface area contributed by atoms with Gasteiger partial charge < -0.3 is 9.84 Å². The van der Waals surface area contributed by atoms with Crippen LogP contribution >= 0.6 is 0 Å². The maximum absolute atomic E-state index is 11.8. The summed E-state index contributed by atoms with van der Waals surface area (Å²) in [5, 5.41) is 14.8. The van der Waals surface area contributed by atoms with Gasteiger partial charge in [0.25, 0.3) is 11.8 Å². The van der Waals surface area contributed by atoms with Gasteiger partial charge in [0, 0.05) is 24.6 Å². The number of amides is 2. The monoisotopic (exact) mass is 289 g/mol. The summed E-state index contributed by atoms with van der Waals surface area (Å²) in [7, 11) is 0. The molecule has 0 atom stereocenters. The average Bonchev–Trinajstić information content (AvgIpc) is 3.00. The van der Waals surface area contributed by atoms with Crippen LogP contribution in [0.1, 0.15) is 33.0 Å². The lowest BCUT2D eigenvalue weighted by Gasteiger charge is -2.03. The second-order valence-corrected chi connectivity index (χ2v) is 4.34. The molecule has 0 fully saturated rings. The third kappa shape index (κ3) is 4.15. The van der Waals surface area contributed by atoms with E-state index >= 15 is 0 Å². The fourth-order valence-corrected chi connectivity index (χ4v) is 1.75. The minimum Gasteiger partial charge on any atom is -0.361 e. The fourth-order valence-electron chi connectivity index (χ4n) is 1.75. The van der Waals surface area contributed by atoms with Crippen molar-refractivity contribution >= 4 is 11.8 Å². The first-order valence-corrected chi connectivity index (χ1v) is 6.44. The molecular formula is C14H15N3O4. The van der Waals surface area contributed by atoms with E-state index in [9.17, 15) is 9.59 Å². The van der Waals surface area contributed by atoms with E-state index in [-0.39, 0.29) is 11.6 Å². The van der Waals surface area contributed by atoms with Gasteiger partial charge in [-0.15, -0.1) is 0 Å². The summed E-state index contributed by atoms with van der Waals surface area (Å²) in [5.41, 5.74) is 2.10. The number of carbonyl (C=O) groups excluding carboxylic acids is 2. The van der Waals surface area contributed by atoms with Gasteiger partial charge in [-0.2, -0.15) is 0 Å². The maximum Gasteiger partial charge on any atom is 0.296 e. The number of nitrogens with zero attached hydrogens (tertiary/aromatic N) is 1. The van der Waals surface area contributed by atoms with Gasteiger partial charge in [-0.3, -0.25) is 14.8 Å². The number of rotatable bonds is 6. The summed E-state index contributed by atoms with van der Waals surface area (Å²) < 4.78 is 4.94. The molecule has 21 heavy (non-hydrogen) atoms. The zero-order valence-corrected chi connectivity index (χ0v) is 11.2. The average molecular weight is 289 g/mol. The Balaban J connectivity index is 1.74. The fraction of sp³-hybridized carbons (Fsp3) is 0.214. The lowest BCUT2D eigenvalue weighted by Crippen LogP contribution is -2.24. The van der Waals surface area contributed by atoms with Crippen LogP contribution in [0.2, 0.25) is 0 Å². The van der Waals surface area contributed by atoms with Gasteiger partial charge in [0.1, 0.15) is 5.76 Å². The van der Waals surface area contributed by atoms with Crippen molar-refractivity contribution in [2.24, 2.45) is 0 Å². The van der Waals surface area contributed by atoms with Gasteiger partial charge in [-0.05, 0) is 18.6 Å². The Bertz CT molecular complexity index is 610. The van der Waals surface area contributed by atoms with Crippen LogP contribution in [0.5, 0.6) is 0 Å². The quantitative estimate of drug-likeness (QED) is 0.420. The van der Waals surface area contributed by atoms with E-state index in [4.69, 9.17) is 9.73 Å². The predicted molar refractivity (Wildman–Crippen MR) is 72.9 cm³/mol. The molecule has 0 spiro atoms. The van der Waals surface area contributed by atoms with Gasteiger partial charge >= 0.3 is 0 Å². The van der Waals surface area contributed by atoms with Gasteiger partial charge in [0.05, 0.1) is 0 Å². The molecule has 0 saturated carbocycles. The molecule has 0 unspecified atom stereocenters. The number of carbonyl (C=O) groups is 2. The van der Waals surface area contributed by atoms with Crippen molar-refractivity contribution in [2.45, 2.75) is 12.8 Å². The summed E-state index contributed by atoms with van der Waals surface area (Å²) in [6.45, 7) is 0.482. The first kappa shape index (κ1) is 14.7. The number of aryl methyl sites for hydroxylation is 1. The van der Waals surface area contributed by atoms with Gasteiger partial charge in [-0.25, -0.2) is 5.48 Å². The molecule has 0 radical (unpaired) electrons. The number of benzene rings is 1. The zero-order valence-electron chi connectivity index (χ0n) is 11.2. The molecule has 2 amide bonds. The summed E-state index contributed by atoms with van der Waals surface area (Å²) in [6.07, 6.45) is 1.18. The Hall–Kier alpha value is -2.67. The third-order valence-electron chi connectivity index (χ3n) is 2.81. The topological polar surface area (TPSA) is 104 Å². The van der Waals surface area contributed by atoms with Crippen LogP contribution in [0, 0.1) is 0 Å². The summed E-state index contributed by atoms with van der Waals surface area (Å²) in [6, 6.07) is 10.4. The summed E-state index contributed by atoms with van der Waals surface area (Å²) >= 11 is 0. The minimum absolute atomic E-state index is 0.0146. The number of hydroxylamine groups is 1. The predicted octanol–water partition coefficient (Wildman–Crippen LogP) is 1.16. The summed E-state index contributed by atoms with van der Waals surface area (Å²) in [5.74, 6) is -0.335. The number of hydrogen-bond donors (Lipinski definition) is 3. The standard InChI is InChI=1S/C14H15N3O4/c18-13(10-5-2-1-3-6-10)15-8-4-7-11-9-12(17-21-11)14(19)16-20/h1-3,5-6,9,20H,4,7-8H2,(H,15,18)(H,16,19). The molecule has 0 aliphatic carbocycles. The van der Waals surface area contributed by atoms with Crippen LogP contribution in [0.4, 0.5) is 0 Å². The molecule has 3 N–H and O–H groups in total. The Labute approximate surface area is 120 Å². The highest BCUT2D eigenvalue weighted by Gasteiger charge is 2.11. The largest absolute Gasteiger partial charge is 0.361 e. The van der Waals surface area contributed by atoms with Crippen molar-refractivity contribution in [3.05, 3.63) is 53.4 Å². The number of nitrogens with one attached hydrogen (secondary N) is 2. The van der Waals surface area contributed by atoms with Crippen LogP contribution in [-0.2, 0) is 6.42 Å². The van der Waals surface area contributed by atoms with Crippen LogP contribution in [-0.4, -0.2) is 28.7 Å². The van der Waals surface area contributed by atoms with Crippen LogP contribution < -0.4 is 10.8 Å². The highest BCUT2D eigenvalue weighted by molar-refractivity contribution is 5.94. The van der Waals surface area contributed by atoms with E-state index in [1.54, 1.807) is 24.3 Å². The van der Waals surface area contributed by atoms with Crippen molar-refractivity contribution in [1.82, 2.24) is 16.0 Å². The zero-order chi connectivity index (χ0) is 15.1. The van der Waals surface area contributed by atoms with Crippen LogP contribution in [0.15, 0.2) is 40.9 Å². The number of aromatic nitrogens is 1. The molecule has 1 aromatic heterocycles. The Morgan fingerprint density at radius 1 is 1.19 bits per heavy atom.